The zero-order chi connectivity index (χ0) is 9.90. The van der Waals surface area contributed by atoms with E-state index in [0.717, 1.165) is 6.04 Å². The summed E-state index contributed by atoms with van der Waals surface area (Å²) >= 11 is 2.10. The average Bonchev–Trinajstić information content (AvgIpc) is 2.09. The van der Waals surface area contributed by atoms with Gasteiger partial charge in [-0.2, -0.15) is 11.8 Å². The van der Waals surface area contributed by atoms with Crippen molar-refractivity contribution in [1.82, 2.24) is 4.90 Å². The van der Waals surface area contributed by atoms with Crippen LogP contribution in [0.2, 0.25) is 0 Å². The maximum Gasteiger partial charge on any atom is 0.0158 e. The van der Waals surface area contributed by atoms with Gasteiger partial charge in [-0.15, -0.1) is 0 Å². The smallest absolute Gasteiger partial charge is 0.0158 e. The van der Waals surface area contributed by atoms with Gasteiger partial charge in [0.2, 0.25) is 0 Å². The third kappa shape index (κ3) is 3.51. The van der Waals surface area contributed by atoms with E-state index in [1.54, 1.807) is 0 Å². The quantitative estimate of drug-likeness (QED) is 0.691. The highest BCUT2D eigenvalue weighted by atomic mass is 32.2. The highest BCUT2D eigenvalue weighted by Crippen LogP contribution is 2.25. The van der Waals surface area contributed by atoms with E-state index in [2.05, 4.69) is 44.4 Å². The van der Waals surface area contributed by atoms with Crippen molar-refractivity contribution in [3.8, 4) is 0 Å². The molecular weight excluding hydrogens is 178 g/mol. The van der Waals surface area contributed by atoms with Gasteiger partial charge in [0.05, 0.1) is 0 Å². The summed E-state index contributed by atoms with van der Waals surface area (Å²) in [4.78, 5) is 2.65. The fraction of sp³-hybridized carbons (Fsp3) is 1.00. The molecule has 1 atom stereocenters. The molecule has 1 aliphatic heterocycles. The van der Waals surface area contributed by atoms with Gasteiger partial charge >= 0.3 is 0 Å². The van der Waals surface area contributed by atoms with Gasteiger partial charge in [0, 0.05) is 30.6 Å². The van der Waals surface area contributed by atoms with Crippen molar-refractivity contribution in [3.63, 3.8) is 0 Å². The first-order chi connectivity index (χ1) is 6.05. The van der Waals surface area contributed by atoms with Crippen LogP contribution in [0.25, 0.3) is 0 Å². The van der Waals surface area contributed by atoms with Crippen LogP contribution in [-0.2, 0) is 0 Å². The summed E-state index contributed by atoms with van der Waals surface area (Å²) in [5, 5.41) is 0. The highest BCUT2D eigenvalue weighted by molar-refractivity contribution is 7.99. The predicted octanol–water partition coefficient (Wildman–Crippen LogP) is 2.86. The molecule has 0 aromatic carbocycles. The molecule has 0 spiro atoms. The van der Waals surface area contributed by atoms with Crippen LogP contribution in [-0.4, -0.2) is 35.5 Å². The Hall–Kier alpha value is 0.310. The Labute approximate surface area is 87.3 Å². The molecule has 0 amide bonds. The second-order valence-electron chi connectivity index (χ2n) is 4.91. The van der Waals surface area contributed by atoms with Crippen molar-refractivity contribution in [2.75, 3.05) is 24.6 Å². The number of hydrogen-bond acceptors (Lipinski definition) is 2. The van der Waals surface area contributed by atoms with Gasteiger partial charge in [-0.25, -0.2) is 0 Å². The Bertz CT molecular complexity index is 156. The van der Waals surface area contributed by atoms with E-state index < -0.39 is 0 Å². The second-order valence-corrected chi connectivity index (χ2v) is 6.06. The van der Waals surface area contributed by atoms with Gasteiger partial charge < -0.3 is 0 Å². The van der Waals surface area contributed by atoms with Crippen LogP contribution in [0, 0.1) is 5.41 Å². The minimum Gasteiger partial charge on any atom is -0.298 e. The number of nitrogens with zero attached hydrogens (tertiary/aromatic N) is 1. The molecule has 2 heteroatoms. The molecule has 1 rings (SSSR count). The van der Waals surface area contributed by atoms with Gasteiger partial charge in [0.1, 0.15) is 0 Å². The van der Waals surface area contributed by atoms with E-state index in [0.29, 0.717) is 5.41 Å². The first-order valence-electron chi connectivity index (χ1n) is 5.37. The number of hydrogen-bond donors (Lipinski definition) is 0. The van der Waals surface area contributed by atoms with Gasteiger partial charge in [-0.05, 0) is 18.8 Å². The topological polar surface area (TPSA) is 3.24 Å². The molecule has 78 valence electrons. The second kappa shape index (κ2) is 4.70. The van der Waals surface area contributed by atoms with Gasteiger partial charge in [-0.1, -0.05) is 20.8 Å². The Morgan fingerprint density at radius 2 is 2.15 bits per heavy atom. The Morgan fingerprint density at radius 3 is 2.69 bits per heavy atom. The van der Waals surface area contributed by atoms with Crippen LogP contribution in [0.5, 0.6) is 0 Å². The normalized spacial score (nSPS) is 26.3. The van der Waals surface area contributed by atoms with Crippen LogP contribution in [0.4, 0.5) is 0 Å². The van der Waals surface area contributed by atoms with Crippen LogP contribution in [0.1, 0.15) is 34.1 Å². The van der Waals surface area contributed by atoms with Crippen molar-refractivity contribution < 1.29 is 0 Å². The maximum atomic E-state index is 2.65. The van der Waals surface area contributed by atoms with Crippen LogP contribution in [0.15, 0.2) is 0 Å². The van der Waals surface area contributed by atoms with E-state index in [1.165, 1.54) is 31.0 Å². The van der Waals surface area contributed by atoms with Crippen LogP contribution >= 0.6 is 11.8 Å². The highest BCUT2D eigenvalue weighted by Gasteiger charge is 2.25. The predicted molar refractivity (Wildman–Crippen MR) is 62.4 cm³/mol. The summed E-state index contributed by atoms with van der Waals surface area (Å²) < 4.78 is 0. The molecule has 1 unspecified atom stereocenters. The average molecular weight is 201 g/mol. The molecule has 0 aromatic heterocycles. The molecule has 13 heavy (non-hydrogen) atoms. The summed E-state index contributed by atoms with van der Waals surface area (Å²) in [6.45, 7) is 12.0. The molecule has 0 aliphatic carbocycles. The number of thioether (sulfide) groups is 1. The minimum atomic E-state index is 0.496. The summed E-state index contributed by atoms with van der Waals surface area (Å²) in [6.07, 6.45) is 1.28. The van der Waals surface area contributed by atoms with E-state index >= 15 is 0 Å². The molecule has 0 radical (unpaired) electrons. The van der Waals surface area contributed by atoms with Crippen molar-refractivity contribution in [2.24, 2.45) is 5.41 Å². The zero-order valence-electron chi connectivity index (χ0n) is 9.47. The Balaban J connectivity index is 2.42. The maximum absolute atomic E-state index is 2.65. The molecule has 1 nitrogen and oxygen atoms in total. The van der Waals surface area contributed by atoms with E-state index in [4.69, 9.17) is 0 Å². The van der Waals surface area contributed by atoms with Crippen molar-refractivity contribution in [3.05, 3.63) is 0 Å². The third-order valence-electron chi connectivity index (χ3n) is 3.09. The van der Waals surface area contributed by atoms with Gasteiger partial charge in [0.15, 0.2) is 0 Å². The summed E-state index contributed by atoms with van der Waals surface area (Å²) in [6, 6.07) is 0.782. The molecule has 0 aromatic rings. The van der Waals surface area contributed by atoms with Crippen molar-refractivity contribution in [1.29, 1.82) is 0 Å². The van der Waals surface area contributed by atoms with E-state index in [9.17, 15) is 0 Å². The lowest BCUT2D eigenvalue weighted by Crippen LogP contribution is -2.45. The molecule has 1 fully saturated rings. The van der Waals surface area contributed by atoms with Crippen molar-refractivity contribution >= 4 is 11.8 Å². The fourth-order valence-corrected chi connectivity index (χ4v) is 2.74. The lowest BCUT2D eigenvalue weighted by molar-refractivity contribution is 0.147. The van der Waals surface area contributed by atoms with Gasteiger partial charge in [0.25, 0.3) is 0 Å². The van der Waals surface area contributed by atoms with E-state index in [-0.39, 0.29) is 0 Å². The number of rotatable bonds is 3. The fourth-order valence-electron chi connectivity index (χ4n) is 1.66. The van der Waals surface area contributed by atoms with E-state index in [1.807, 2.05) is 0 Å². The summed E-state index contributed by atoms with van der Waals surface area (Å²) in [5.41, 5.74) is 0.496. The Kier molecular flexibility index (Phi) is 4.11. The standard InChI is InChI=1S/C11H23NS/c1-5-11(3,4)9-12-6-7-13-8-10(12)2/h10H,5-9H2,1-4H3. The molecule has 0 saturated carbocycles. The SMILES string of the molecule is CCC(C)(C)CN1CCSCC1C. The molecule has 1 aliphatic rings. The molecular formula is C11H23NS. The molecule has 0 N–H and O–H groups in total. The molecule has 1 heterocycles. The first-order valence-corrected chi connectivity index (χ1v) is 6.52. The van der Waals surface area contributed by atoms with Crippen molar-refractivity contribution in [2.45, 2.75) is 40.2 Å². The lowest BCUT2D eigenvalue weighted by atomic mass is 9.89. The van der Waals surface area contributed by atoms with Crippen LogP contribution < -0.4 is 0 Å². The monoisotopic (exact) mass is 201 g/mol. The Morgan fingerprint density at radius 1 is 1.46 bits per heavy atom. The molecule has 1 saturated heterocycles. The lowest BCUT2D eigenvalue weighted by Gasteiger charge is -2.38. The van der Waals surface area contributed by atoms with Gasteiger partial charge in [-0.3, -0.25) is 4.90 Å². The molecule has 0 bridgehead atoms. The minimum absolute atomic E-state index is 0.496. The van der Waals surface area contributed by atoms with Crippen LogP contribution in [0.3, 0.4) is 0 Å². The zero-order valence-corrected chi connectivity index (χ0v) is 10.3. The third-order valence-corrected chi connectivity index (χ3v) is 4.28. The summed E-state index contributed by atoms with van der Waals surface area (Å²) in [5.74, 6) is 2.64. The largest absolute Gasteiger partial charge is 0.298 e. The first kappa shape index (κ1) is 11.4. The summed E-state index contributed by atoms with van der Waals surface area (Å²) in [7, 11) is 0.